The maximum absolute atomic E-state index is 6.41. The highest BCUT2D eigenvalue weighted by Crippen LogP contribution is 2.68. The summed E-state index contributed by atoms with van der Waals surface area (Å²) in [5.41, 5.74) is 5.43. The summed E-state index contributed by atoms with van der Waals surface area (Å²) in [6, 6.07) is 10.2. The third-order valence-corrected chi connectivity index (χ3v) is 7.98. The lowest BCUT2D eigenvalue weighted by Crippen LogP contribution is -2.55. The number of rotatable bonds is 0. The van der Waals surface area contributed by atoms with E-state index in [1.165, 1.54) is 18.9 Å². The van der Waals surface area contributed by atoms with E-state index in [-0.39, 0.29) is 5.41 Å². The molecule has 4 rings (SSSR count). The van der Waals surface area contributed by atoms with Gasteiger partial charge in [0.1, 0.15) is 0 Å². The largest absolute Gasteiger partial charge is 0.416 e. The van der Waals surface area contributed by atoms with Crippen molar-refractivity contribution in [2.45, 2.75) is 44.3 Å². The lowest BCUT2D eigenvalue weighted by atomic mass is 9.48. The minimum atomic E-state index is -1.46. The molecule has 1 aromatic rings. The molecule has 1 spiro atoms. The fourth-order valence-corrected chi connectivity index (χ4v) is 5.98. The predicted molar refractivity (Wildman–Crippen MR) is 80.9 cm³/mol. The molecule has 0 radical (unpaired) electrons. The first kappa shape index (κ1) is 11.9. The summed E-state index contributed by atoms with van der Waals surface area (Å²) in [5, 5.41) is 0. The Balaban J connectivity index is 1.82. The molecular formula is C17H22OSi. The third-order valence-electron chi connectivity index (χ3n) is 5.87. The average Bonchev–Trinajstić information content (AvgIpc) is 2.48. The third kappa shape index (κ3) is 1.34. The van der Waals surface area contributed by atoms with Gasteiger partial charge in [-0.25, -0.2) is 0 Å². The molecule has 1 saturated carbocycles. The molecule has 3 aliphatic rings. The SMILES string of the molecule is C[C@]12CC3=CC[Si](C)(C)OC[C@@]31Cc1ccccc12. The number of hydrogen-bond donors (Lipinski definition) is 0. The first-order valence-corrected chi connectivity index (χ1v) is 10.5. The smallest absolute Gasteiger partial charge is 0.190 e. The van der Waals surface area contributed by atoms with Crippen molar-refractivity contribution in [3.05, 3.63) is 47.0 Å². The molecule has 1 fully saturated rings. The van der Waals surface area contributed by atoms with E-state index in [2.05, 4.69) is 50.4 Å². The zero-order valence-electron chi connectivity index (χ0n) is 12.1. The standard InChI is InChI=1S/C17H22OSi/c1-16-11-14-8-9-19(2,3)18-12-17(14,16)10-13-6-4-5-7-15(13)16/h4-8H,9-12H2,1-3H3/t16-,17+/m1/s1. The highest BCUT2D eigenvalue weighted by Gasteiger charge is 2.65. The molecule has 1 nitrogen and oxygen atoms in total. The van der Waals surface area contributed by atoms with Crippen molar-refractivity contribution in [2.75, 3.05) is 6.61 Å². The molecule has 2 heteroatoms. The molecule has 19 heavy (non-hydrogen) atoms. The Morgan fingerprint density at radius 3 is 2.79 bits per heavy atom. The van der Waals surface area contributed by atoms with Crippen LogP contribution in [0.1, 0.15) is 24.5 Å². The summed E-state index contributed by atoms with van der Waals surface area (Å²) in [4.78, 5) is 0. The summed E-state index contributed by atoms with van der Waals surface area (Å²) < 4.78 is 6.41. The monoisotopic (exact) mass is 270 g/mol. The van der Waals surface area contributed by atoms with Crippen molar-refractivity contribution in [2.24, 2.45) is 5.41 Å². The fourth-order valence-electron chi connectivity index (χ4n) is 4.48. The summed E-state index contributed by atoms with van der Waals surface area (Å²) in [6.45, 7) is 8.11. The van der Waals surface area contributed by atoms with Gasteiger partial charge in [-0.3, -0.25) is 0 Å². The van der Waals surface area contributed by atoms with Gasteiger partial charge in [0, 0.05) is 17.4 Å². The second-order valence-electron chi connectivity index (χ2n) is 7.41. The molecule has 0 bridgehead atoms. The van der Waals surface area contributed by atoms with E-state index in [0.717, 1.165) is 6.61 Å². The Morgan fingerprint density at radius 1 is 1.16 bits per heavy atom. The van der Waals surface area contributed by atoms with Gasteiger partial charge in [-0.15, -0.1) is 0 Å². The molecule has 1 heterocycles. The van der Waals surface area contributed by atoms with Gasteiger partial charge in [0.25, 0.3) is 0 Å². The van der Waals surface area contributed by atoms with Gasteiger partial charge in [-0.2, -0.15) is 0 Å². The minimum Gasteiger partial charge on any atom is -0.416 e. The van der Waals surface area contributed by atoms with E-state index in [9.17, 15) is 0 Å². The summed E-state index contributed by atoms with van der Waals surface area (Å²) in [5.74, 6) is 0. The quantitative estimate of drug-likeness (QED) is 0.510. The molecule has 1 aliphatic heterocycles. The molecule has 100 valence electrons. The molecular weight excluding hydrogens is 248 g/mol. The average molecular weight is 270 g/mol. The highest BCUT2D eigenvalue weighted by atomic mass is 28.4. The topological polar surface area (TPSA) is 9.23 Å². The lowest BCUT2D eigenvalue weighted by Gasteiger charge is -2.56. The number of allylic oxidation sites excluding steroid dienone is 1. The van der Waals surface area contributed by atoms with E-state index in [0.29, 0.717) is 5.41 Å². The van der Waals surface area contributed by atoms with Crippen LogP contribution in [0.15, 0.2) is 35.9 Å². The van der Waals surface area contributed by atoms with E-state index in [1.54, 1.807) is 16.7 Å². The first-order valence-electron chi connectivity index (χ1n) is 7.39. The second-order valence-corrected chi connectivity index (χ2v) is 11.6. The molecule has 1 aromatic carbocycles. The van der Waals surface area contributed by atoms with Gasteiger partial charge in [0.2, 0.25) is 0 Å². The van der Waals surface area contributed by atoms with Crippen LogP contribution in [-0.4, -0.2) is 14.9 Å². The van der Waals surface area contributed by atoms with Crippen LogP contribution in [0.4, 0.5) is 0 Å². The zero-order valence-corrected chi connectivity index (χ0v) is 13.1. The van der Waals surface area contributed by atoms with Crippen LogP contribution >= 0.6 is 0 Å². The Kier molecular flexibility index (Phi) is 2.14. The number of fused-ring (bicyclic) bond motifs is 2. The van der Waals surface area contributed by atoms with E-state index in [1.807, 2.05) is 0 Å². The fraction of sp³-hybridized carbons (Fsp3) is 0.529. The van der Waals surface area contributed by atoms with Crippen LogP contribution in [0.3, 0.4) is 0 Å². The van der Waals surface area contributed by atoms with Gasteiger partial charge in [-0.1, -0.05) is 42.8 Å². The summed E-state index contributed by atoms with van der Waals surface area (Å²) >= 11 is 0. The number of hydrogen-bond acceptors (Lipinski definition) is 1. The first-order chi connectivity index (χ1) is 8.97. The maximum Gasteiger partial charge on any atom is 0.190 e. The van der Waals surface area contributed by atoms with Crippen LogP contribution in [0.2, 0.25) is 19.1 Å². The molecule has 2 atom stereocenters. The van der Waals surface area contributed by atoms with Crippen LogP contribution in [-0.2, 0) is 16.3 Å². The lowest BCUT2D eigenvalue weighted by molar-refractivity contribution is 0.0461. The molecule has 0 aromatic heterocycles. The summed E-state index contributed by atoms with van der Waals surface area (Å²) in [7, 11) is -1.46. The van der Waals surface area contributed by atoms with Crippen molar-refractivity contribution in [1.82, 2.24) is 0 Å². The van der Waals surface area contributed by atoms with Gasteiger partial charge < -0.3 is 4.43 Å². The van der Waals surface area contributed by atoms with Crippen molar-refractivity contribution >= 4 is 8.32 Å². The zero-order chi connectivity index (χ0) is 13.3. The molecule has 0 N–H and O–H groups in total. The van der Waals surface area contributed by atoms with Gasteiger partial charge in [0.15, 0.2) is 8.32 Å². The highest BCUT2D eigenvalue weighted by molar-refractivity contribution is 6.71. The Labute approximate surface area is 116 Å². The summed E-state index contributed by atoms with van der Waals surface area (Å²) in [6.07, 6.45) is 4.97. The van der Waals surface area contributed by atoms with Gasteiger partial charge in [0.05, 0.1) is 0 Å². The van der Waals surface area contributed by atoms with Gasteiger partial charge in [-0.05, 0) is 43.1 Å². The van der Waals surface area contributed by atoms with E-state index >= 15 is 0 Å². The van der Waals surface area contributed by atoms with Crippen LogP contribution in [0.25, 0.3) is 0 Å². The van der Waals surface area contributed by atoms with Crippen LogP contribution < -0.4 is 0 Å². The predicted octanol–water partition coefficient (Wildman–Crippen LogP) is 4.05. The molecule has 0 amide bonds. The van der Waals surface area contributed by atoms with E-state index < -0.39 is 8.32 Å². The Morgan fingerprint density at radius 2 is 1.95 bits per heavy atom. The van der Waals surface area contributed by atoms with Crippen LogP contribution in [0.5, 0.6) is 0 Å². The van der Waals surface area contributed by atoms with Crippen molar-refractivity contribution < 1.29 is 4.43 Å². The normalized spacial score (nSPS) is 38.4. The second kappa shape index (κ2) is 3.42. The van der Waals surface area contributed by atoms with Crippen LogP contribution in [0, 0.1) is 5.41 Å². The van der Waals surface area contributed by atoms with E-state index in [4.69, 9.17) is 4.43 Å². The molecule has 0 unspecified atom stereocenters. The van der Waals surface area contributed by atoms with Crippen molar-refractivity contribution in [3.63, 3.8) is 0 Å². The van der Waals surface area contributed by atoms with Crippen molar-refractivity contribution in [1.29, 1.82) is 0 Å². The van der Waals surface area contributed by atoms with Gasteiger partial charge >= 0.3 is 0 Å². The Bertz CT molecular complexity index is 589. The number of benzene rings is 1. The Hall–Kier alpha value is -0.863. The maximum atomic E-state index is 6.41. The molecule has 2 aliphatic carbocycles. The molecule has 0 saturated heterocycles. The minimum absolute atomic E-state index is 0.289. The van der Waals surface area contributed by atoms with Crippen molar-refractivity contribution in [3.8, 4) is 0 Å².